The molecule has 0 radical (unpaired) electrons. The van der Waals surface area contributed by atoms with Crippen molar-refractivity contribution in [2.45, 2.75) is 6.42 Å². The highest BCUT2D eigenvalue weighted by Gasteiger charge is 2.03. The summed E-state index contributed by atoms with van der Waals surface area (Å²) in [6.45, 7) is 0.318. The summed E-state index contributed by atoms with van der Waals surface area (Å²) >= 11 is 0. The molecule has 1 aromatic heterocycles. The van der Waals surface area contributed by atoms with Gasteiger partial charge in [-0.1, -0.05) is 36.4 Å². The van der Waals surface area contributed by atoms with Gasteiger partial charge in [0, 0.05) is 23.7 Å². The number of carbonyl (C=O) groups excluding carboxylic acids is 1. The number of aromatic nitrogens is 1. The lowest BCUT2D eigenvalue weighted by molar-refractivity contribution is -0.116. The minimum absolute atomic E-state index is 0.255. The van der Waals surface area contributed by atoms with E-state index in [0.29, 0.717) is 24.1 Å². The maximum absolute atomic E-state index is 13.5. The van der Waals surface area contributed by atoms with Gasteiger partial charge in [0.05, 0.1) is 0 Å². The molecule has 1 heterocycles. The van der Waals surface area contributed by atoms with Crippen LogP contribution in [0.2, 0.25) is 0 Å². The second-order valence-electron chi connectivity index (χ2n) is 5.61. The fraction of sp³-hybridized carbons (Fsp3) is 0.100. The summed E-state index contributed by atoms with van der Waals surface area (Å²) in [5.74, 6) is -0.612. The van der Waals surface area contributed by atoms with E-state index in [1.54, 1.807) is 24.3 Å². The average Bonchev–Trinajstić information content (AvgIpc) is 2.61. The zero-order valence-electron chi connectivity index (χ0n) is 13.5. The van der Waals surface area contributed by atoms with Crippen molar-refractivity contribution in [1.82, 2.24) is 10.3 Å². The lowest BCUT2D eigenvalue weighted by atomic mass is 10.1. The second-order valence-corrected chi connectivity index (χ2v) is 5.61. The predicted octanol–water partition coefficient (Wildman–Crippen LogP) is 3.04. The summed E-state index contributed by atoms with van der Waals surface area (Å²) < 4.78 is 13.5. The molecule has 2 N–H and O–H groups in total. The van der Waals surface area contributed by atoms with Crippen molar-refractivity contribution in [2.24, 2.45) is 0 Å². The Morgan fingerprint density at radius 2 is 1.88 bits per heavy atom. The van der Waals surface area contributed by atoms with Gasteiger partial charge in [-0.15, -0.1) is 0 Å². The fourth-order valence-corrected chi connectivity index (χ4v) is 2.53. The molecule has 0 aliphatic carbocycles. The van der Waals surface area contributed by atoms with Gasteiger partial charge in [0.2, 0.25) is 5.91 Å². The lowest BCUT2D eigenvalue weighted by Crippen LogP contribution is -2.24. The van der Waals surface area contributed by atoms with Crippen LogP contribution in [-0.4, -0.2) is 17.4 Å². The first-order valence-electron chi connectivity index (χ1n) is 7.95. The Morgan fingerprint density at radius 1 is 1.12 bits per heavy atom. The fourth-order valence-electron chi connectivity index (χ4n) is 2.53. The SMILES string of the molecule is O=C(/C=C/c1cc2ccccc2[nH]c1=O)NCCc1ccccc1F. The number of hydrogen-bond donors (Lipinski definition) is 2. The predicted molar refractivity (Wildman–Crippen MR) is 96.7 cm³/mol. The molecule has 0 fully saturated rings. The van der Waals surface area contributed by atoms with Crippen molar-refractivity contribution in [3.63, 3.8) is 0 Å². The molecule has 0 saturated carbocycles. The Bertz CT molecular complexity index is 992. The van der Waals surface area contributed by atoms with Crippen LogP contribution in [0.5, 0.6) is 0 Å². The van der Waals surface area contributed by atoms with E-state index in [2.05, 4.69) is 10.3 Å². The zero-order valence-corrected chi connectivity index (χ0v) is 13.5. The molecule has 0 bridgehead atoms. The van der Waals surface area contributed by atoms with Gasteiger partial charge in [-0.2, -0.15) is 0 Å². The largest absolute Gasteiger partial charge is 0.352 e. The number of carbonyl (C=O) groups is 1. The third-order valence-electron chi connectivity index (χ3n) is 3.85. The van der Waals surface area contributed by atoms with E-state index in [0.717, 1.165) is 10.9 Å². The quantitative estimate of drug-likeness (QED) is 0.704. The molecular weight excluding hydrogens is 319 g/mol. The molecule has 0 aliphatic rings. The first-order chi connectivity index (χ1) is 12.1. The van der Waals surface area contributed by atoms with E-state index in [9.17, 15) is 14.0 Å². The van der Waals surface area contributed by atoms with Gasteiger partial charge >= 0.3 is 0 Å². The smallest absolute Gasteiger partial charge is 0.255 e. The standard InChI is InChI=1S/C20H17FN2O2/c21-17-7-3-1-5-14(17)11-12-22-19(24)10-9-16-13-15-6-2-4-8-18(15)23-20(16)25/h1-10,13H,11-12H2,(H,22,24)(H,23,25)/b10-9+. The van der Waals surface area contributed by atoms with Gasteiger partial charge in [-0.25, -0.2) is 4.39 Å². The van der Waals surface area contributed by atoms with E-state index >= 15 is 0 Å². The third-order valence-corrected chi connectivity index (χ3v) is 3.85. The van der Waals surface area contributed by atoms with Gasteiger partial charge < -0.3 is 10.3 Å². The van der Waals surface area contributed by atoms with Crippen LogP contribution in [0.3, 0.4) is 0 Å². The second kappa shape index (κ2) is 7.57. The summed E-state index contributed by atoms with van der Waals surface area (Å²) in [5.41, 5.74) is 1.45. The number of aromatic amines is 1. The number of H-pyrrole nitrogens is 1. The van der Waals surface area contributed by atoms with E-state index < -0.39 is 0 Å². The number of pyridine rings is 1. The summed E-state index contributed by atoms with van der Waals surface area (Å²) in [6.07, 6.45) is 3.19. The maximum Gasteiger partial charge on any atom is 0.255 e. The number of rotatable bonds is 5. The van der Waals surface area contributed by atoms with Crippen LogP contribution < -0.4 is 10.9 Å². The van der Waals surface area contributed by atoms with Crippen LogP contribution in [0, 0.1) is 5.82 Å². The molecule has 2 aromatic carbocycles. The topological polar surface area (TPSA) is 62.0 Å². The van der Waals surface area contributed by atoms with E-state index in [1.165, 1.54) is 18.2 Å². The molecule has 0 unspecified atom stereocenters. The van der Waals surface area contributed by atoms with Crippen LogP contribution in [0.1, 0.15) is 11.1 Å². The van der Waals surface area contributed by atoms with Crippen molar-refractivity contribution in [2.75, 3.05) is 6.54 Å². The van der Waals surface area contributed by atoms with Crippen LogP contribution in [-0.2, 0) is 11.2 Å². The highest BCUT2D eigenvalue weighted by atomic mass is 19.1. The van der Waals surface area contributed by atoms with E-state index in [1.807, 2.05) is 24.3 Å². The summed E-state index contributed by atoms with van der Waals surface area (Å²) in [4.78, 5) is 26.6. The van der Waals surface area contributed by atoms with Crippen molar-refractivity contribution in [3.05, 3.63) is 88.0 Å². The number of fused-ring (bicyclic) bond motifs is 1. The van der Waals surface area contributed by atoms with Gasteiger partial charge in [-0.3, -0.25) is 9.59 Å². The van der Waals surface area contributed by atoms with Crippen LogP contribution in [0.4, 0.5) is 4.39 Å². The Kier molecular flexibility index (Phi) is 5.04. The summed E-state index contributed by atoms with van der Waals surface area (Å²) in [5, 5.41) is 3.57. The maximum atomic E-state index is 13.5. The van der Waals surface area contributed by atoms with Crippen molar-refractivity contribution >= 4 is 22.9 Å². The molecule has 5 heteroatoms. The number of nitrogens with one attached hydrogen (secondary N) is 2. The molecule has 0 saturated heterocycles. The third kappa shape index (κ3) is 4.20. The van der Waals surface area contributed by atoms with Gasteiger partial charge in [0.1, 0.15) is 5.82 Å². The Morgan fingerprint density at radius 3 is 2.72 bits per heavy atom. The monoisotopic (exact) mass is 336 g/mol. The highest BCUT2D eigenvalue weighted by molar-refractivity contribution is 5.92. The number of para-hydroxylation sites is 1. The van der Waals surface area contributed by atoms with E-state index in [4.69, 9.17) is 0 Å². The van der Waals surface area contributed by atoms with Crippen LogP contribution >= 0.6 is 0 Å². The first-order valence-corrected chi connectivity index (χ1v) is 7.95. The van der Waals surface area contributed by atoms with Gasteiger partial charge in [0.25, 0.3) is 5.56 Å². The minimum atomic E-state index is -0.330. The minimum Gasteiger partial charge on any atom is -0.352 e. The number of amides is 1. The molecule has 1 amide bonds. The molecule has 4 nitrogen and oxygen atoms in total. The zero-order chi connectivity index (χ0) is 17.6. The average molecular weight is 336 g/mol. The first kappa shape index (κ1) is 16.6. The summed E-state index contributed by atoms with van der Waals surface area (Å²) in [7, 11) is 0. The van der Waals surface area contributed by atoms with Crippen molar-refractivity contribution in [1.29, 1.82) is 0 Å². The Balaban J connectivity index is 1.62. The lowest BCUT2D eigenvalue weighted by Gasteiger charge is -2.04. The molecular formula is C20H17FN2O2. The molecule has 0 aliphatic heterocycles. The molecule has 25 heavy (non-hydrogen) atoms. The van der Waals surface area contributed by atoms with Crippen molar-refractivity contribution < 1.29 is 9.18 Å². The van der Waals surface area contributed by atoms with Crippen LogP contribution in [0.25, 0.3) is 17.0 Å². The Hall–Kier alpha value is -3.21. The van der Waals surface area contributed by atoms with Crippen molar-refractivity contribution in [3.8, 4) is 0 Å². The molecule has 3 aromatic rings. The van der Waals surface area contributed by atoms with Crippen LogP contribution in [0.15, 0.2) is 65.5 Å². The number of halogens is 1. The number of benzene rings is 2. The summed E-state index contributed by atoms with van der Waals surface area (Å²) in [6, 6.07) is 15.6. The Labute approximate surface area is 144 Å². The number of hydrogen-bond acceptors (Lipinski definition) is 2. The highest BCUT2D eigenvalue weighted by Crippen LogP contribution is 2.10. The van der Waals surface area contributed by atoms with Gasteiger partial charge in [-0.05, 0) is 41.6 Å². The van der Waals surface area contributed by atoms with E-state index in [-0.39, 0.29) is 17.3 Å². The molecule has 0 spiro atoms. The molecule has 0 atom stereocenters. The normalized spacial score (nSPS) is 11.1. The molecule has 3 rings (SSSR count). The van der Waals surface area contributed by atoms with Gasteiger partial charge in [0.15, 0.2) is 0 Å². The molecule has 126 valence electrons.